The Morgan fingerprint density at radius 1 is 1.10 bits per heavy atom. The molecule has 0 aliphatic heterocycles. The van der Waals surface area contributed by atoms with Crippen molar-refractivity contribution in [1.29, 1.82) is 0 Å². The molecule has 0 aliphatic carbocycles. The van der Waals surface area contributed by atoms with Crippen molar-refractivity contribution in [2.24, 2.45) is 0 Å². The zero-order chi connectivity index (χ0) is 14.5. The molecule has 0 spiro atoms. The lowest BCUT2D eigenvalue weighted by Crippen LogP contribution is -2.18. The number of hydrogen-bond acceptors (Lipinski definition) is 3. The van der Waals surface area contributed by atoms with Crippen LogP contribution >= 0.6 is 0 Å². The quantitative estimate of drug-likeness (QED) is 0.755. The van der Waals surface area contributed by atoms with E-state index < -0.39 is 0 Å². The monoisotopic (exact) mass is 281 g/mol. The summed E-state index contributed by atoms with van der Waals surface area (Å²) < 4.78 is 5.37. The highest BCUT2D eigenvalue weighted by Crippen LogP contribution is 2.13. The van der Waals surface area contributed by atoms with E-state index in [4.69, 9.17) is 4.74 Å². The highest BCUT2D eigenvalue weighted by Gasteiger charge is 2.06. The predicted octanol–water partition coefficient (Wildman–Crippen LogP) is 2.72. The Labute approximate surface area is 122 Å². The Hall–Kier alpha value is -2.66. The predicted molar refractivity (Wildman–Crippen MR) is 80.8 cm³/mol. The van der Waals surface area contributed by atoms with Crippen LogP contribution in [0.5, 0.6) is 0 Å². The molecule has 1 aromatic heterocycles. The van der Waals surface area contributed by atoms with E-state index in [9.17, 15) is 4.79 Å². The highest BCUT2D eigenvalue weighted by atomic mass is 16.5. The van der Waals surface area contributed by atoms with E-state index in [0.29, 0.717) is 12.6 Å². The number of anilines is 1. The molecule has 1 heterocycles. The normalized spacial score (nSPS) is 10.7. The molecular formula is C16H15N3O2. The van der Waals surface area contributed by atoms with Crippen molar-refractivity contribution in [3.8, 4) is 0 Å². The molecule has 0 fully saturated rings. The summed E-state index contributed by atoms with van der Waals surface area (Å²) >= 11 is 0. The third-order valence-electron chi connectivity index (χ3n) is 2.99. The van der Waals surface area contributed by atoms with Crippen LogP contribution in [-0.2, 0) is 16.1 Å². The van der Waals surface area contributed by atoms with Crippen molar-refractivity contribution in [2.45, 2.75) is 6.61 Å². The van der Waals surface area contributed by atoms with Gasteiger partial charge in [-0.15, -0.1) is 0 Å². The van der Waals surface area contributed by atoms with Gasteiger partial charge in [0.15, 0.2) is 0 Å². The number of ether oxygens (including phenoxy) is 1. The number of carbonyl (C=O) groups is 1. The fourth-order valence-corrected chi connectivity index (χ4v) is 2.02. The minimum absolute atomic E-state index is 0.00800. The molecule has 21 heavy (non-hydrogen) atoms. The van der Waals surface area contributed by atoms with E-state index in [0.717, 1.165) is 16.6 Å². The summed E-state index contributed by atoms with van der Waals surface area (Å²) in [5.41, 5.74) is 2.74. The molecule has 0 radical (unpaired) electrons. The van der Waals surface area contributed by atoms with Crippen LogP contribution in [0, 0.1) is 0 Å². The number of nitrogens with zero attached hydrogens (tertiary/aromatic N) is 1. The van der Waals surface area contributed by atoms with E-state index in [1.165, 1.54) is 0 Å². The molecule has 106 valence electrons. The molecule has 0 saturated carbocycles. The van der Waals surface area contributed by atoms with Gasteiger partial charge in [0, 0.05) is 0 Å². The van der Waals surface area contributed by atoms with Crippen LogP contribution in [0.2, 0.25) is 0 Å². The maximum Gasteiger partial charge on any atom is 0.252 e. The molecule has 2 aromatic carbocycles. The van der Waals surface area contributed by atoms with Gasteiger partial charge in [0.1, 0.15) is 6.61 Å². The lowest BCUT2D eigenvalue weighted by molar-refractivity contribution is -0.121. The van der Waals surface area contributed by atoms with E-state index in [-0.39, 0.29) is 12.5 Å². The van der Waals surface area contributed by atoms with Gasteiger partial charge in [-0.2, -0.15) is 0 Å². The van der Waals surface area contributed by atoms with Crippen molar-refractivity contribution < 1.29 is 9.53 Å². The van der Waals surface area contributed by atoms with E-state index in [1.807, 2.05) is 54.6 Å². The Bertz CT molecular complexity index is 704. The van der Waals surface area contributed by atoms with E-state index >= 15 is 0 Å². The van der Waals surface area contributed by atoms with Gasteiger partial charge >= 0.3 is 0 Å². The second kappa shape index (κ2) is 6.19. The molecular weight excluding hydrogens is 266 g/mol. The summed E-state index contributed by atoms with van der Waals surface area (Å²) in [6.45, 7) is 0.403. The first-order chi connectivity index (χ1) is 10.3. The van der Waals surface area contributed by atoms with Crippen LogP contribution in [0.3, 0.4) is 0 Å². The lowest BCUT2D eigenvalue weighted by atomic mass is 10.2. The van der Waals surface area contributed by atoms with Gasteiger partial charge in [0.2, 0.25) is 5.95 Å². The van der Waals surface area contributed by atoms with Crippen LogP contribution in [0.1, 0.15) is 5.56 Å². The summed E-state index contributed by atoms with van der Waals surface area (Å²) in [6.07, 6.45) is 0. The number of H-pyrrole nitrogens is 1. The number of imidazole rings is 1. The summed E-state index contributed by atoms with van der Waals surface area (Å²) in [4.78, 5) is 19.1. The third-order valence-corrected chi connectivity index (χ3v) is 2.99. The average Bonchev–Trinajstić information content (AvgIpc) is 2.90. The summed E-state index contributed by atoms with van der Waals surface area (Å²) in [6, 6.07) is 17.3. The largest absolute Gasteiger partial charge is 0.367 e. The standard InChI is InChI=1S/C16H15N3O2/c20-15(11-21-10-12-6-2-1-3-7-12)19-16-17-13-8-4-5-9-14(13)18-16/h1-9H,10-11H2,(H2,17,18,19,20). The minimum atomic E-state index is -0.231. The average molecular weight is 281 g/mol. The van der Waals surface area contributed by atoms with E-state index in [1.54, 1.807) is 0 Å². The number of aromatic nitrogens is 2. The van der Waals surface area contributed by atoms with E-state index in [2.05, 4.69) is 15.3 Å². The van der Waals surface area contributed by atoms with Crippen LogP contribution < -0.4 is 5.32 Å². The number of nitrogens with one attached hydrogen (secondary N) is 2. The zero-order valence-corrected chi connectivity index (χ0v) is 11.4. The number of benzene rings is 2. The molecule has 1 amide bonds. The van der Waals surface area contributed by atoms with Crippen LogP contribution in [0.25, 0.3) is 11.0 Å². The Kier molecular flexibility index (Phi) is 3.93. The number of fused-ring (bicyclic) bond motifs is 1. The van der Waals surface area contributed by atoms with Gasteiger partial charge < -0.3 is 9.72 Å². The third kappa shape index (κ3) is 3.46. The number of aromatic amines is 1. The number of para-hydroxylation sites is 2. The van der Waals surface area contributed by atoms with Gasteiger partial charge in [0.25, 0.3) is 5.91 Å². The van der Waals surface area contributed by atoms with Gasteiger partial charge in [-0.1, -0.05) is 42.5 Å². The summed E-state index contributed by atoms with van der Waals surface area (Å²) in [7, 11) is 0. The molecule has 5 nitrogen and oxygen atoms in total. The molecule has 0 atom stereocenters. The van der Waals surface area contributed by atoms with Crippen molar-refractivity contribution >= 4 is 22.9 Å². The second-order valence-corrected chi connectivity index (χ2v) is 4.63. The first kappa shape index (κ1) is 13.3. The molecule has 0 aliphatic rings. The van der Waals surface area contributed by atoms with Gasteiger partial charge in [0.05, 0.1) is 17.6 Å². The minimum Gasteiger partial charge on any atom is -0.367 e. The van der Waals surface area contributed by atoms with Crippen LogP contribution in [0.15, 0.2) is 54.6 Å². The highest BCUT2D eigenvalue weighted by molar-refractivity contribution is 5.91. The second-order valence-electron chi connectivity index (χ2n) is 4.63. The lowest BCUT2D eigenvalue weighted by Gasteiger charge is -2.04. The molecule has 5 heteroatoms. The molecule has 2 N–H and O–H groups in total. The first-order valence-electron chi connectivity index (χ1n) is 6.67. The summed E-state index contributed by atoms with van der Waals surface area (Å²) in [5, 5.41) is 2.69. The van der Waals surface area contributed by atoms with Crippen molar-refractivity contribution in [3.05, 3.63) is 60.2 Å². The first-order valence-corrected chi connectivity index (χ1v) is 6.67. The number of rotatable bonds is 5. The molecule has 0 bridgehead atoms. The van der Waals surface area contributed by atoms with Crippen molar-refractivity contribution in [3.63, 3.8) is 0 Å². The van der Waals surface area contributed by atoms with Crippen LogP contribution in [0.4, 0.5) is 5.95 Å². The Morgan fingerprint density at radius 3 is 2.67 bits per heavy atom. The Morgan fingerprint density at radius 2 is 1.86 bits per heavy atom. The Balaban J connectivity index is 1.52. The topological polar surface area (TPSA) is 67.0 Å². The SMILES string of the molecule is O=C(COCc1ccccc1)Nc1nc2ccccc2[nH]1. The van der Waals surface area contributed by atoms with Crippen molar-refractivity contribution in [1.82, 2.24) is 9.97 Å². The molecule has 3 aromatic rings. The number of hydrogen-bond donors (Lipinski definition) is 2. The van der Waals surface area contributed by atoms with Crippen LogP contribution in [-0.4, -0.2) is 22.5 Å². The number of amides is 1. The number of carbonyl (C=O) groups excluding carboxylic acids is 1. The molecule has 3 rings (SSSR count). The zero-order valence-electron chi connectivity index (χ0n) is 11.4. The van der Waals surface area contributed by atoms with Gasteiger partial charge in [-0.3, -0.25) is 10.1 Å². The molecule has 0 unspecified atom stereocenters. The van der Waals surface area contributed by atoms with Gasteiger partial charge in [-0.25, -0.2) is 4.98 Å². The van der Waals surface area contributed by atoms with Crippen molar-refractivity contribution in [2.75, 3.05) is 11.9 Å². The maximum atomic E-state index is 11.8. The summed E-state index contributed by atoms with van der Waals surface area (Å²) in [5.74, 6) is 0.203. The molecule has 0 saturated heterocycles. The van der Waals surface area contributed by atoms with Gasteiger partial charge in [-0.05, 0) is 17.7 Å². The fraction of sp³-hybridized carbons (Fsp3) is 0.125. The fourth-order valence-electron chi connectivity index (χ4n) is 2.02. The maximum absolute atomic E-state index is 11.8. The smallest absolute Gasteiger partial charge is 0.252 e.